The highest BCUT2D eigenvalue weighted by atomic mass is 35.5. The van der Waals surface area contributed by atoms with Crippen LogP contribution in [0.25, 0.3) is 0 Å². The van der Waals surface area contributed by atoms with Crippen molar-refractivity contribution < 1.29 is 4.74 Å². The zero-order chi connectivity index (χ0) is 12.3. The topological polar surface area (TPSA) is 38.2 Å². The Morgan fingerprint density at radius 3 is 2.88 bits per heavy atom. The quantitative estimate of drug-likeness (QED) is 0.749. The van der Waals surface area contributed by atoms with Gasteiger partial charge in [0.15, 0.2) is 10.3 Å². The van der Waals surface area contributed by atoms with Crippen molar-refractivity contribution >= 4 is 28.9 Å². The minimum Gasteiger partial charge on any atom is -0.379 e. The smallest absolute Gasteiger partial charge is 0.175 e. The van der Waals surface area contributed by atoms with Crippen molar-refractivity contribution in [3.63, 3.8) is 0 Å². The van der Waals surface area contributed by atoms with Crippen molar-refractivity contribution in [3.8, 4) is 0 Å². The normalized spacial score (nSPS) is 15.0. The van der Waals surface area contributed by atoms with Gasteiger partial charge in [0.1, 0.15) is 0 Å². The molecule has 0 aromatic carbocycles. The van der Waals surface area contributed by atoms with Gasteiger partial charge >= 0.3 is 0 Å². The molecular weight excluding hydrogens is 261 g/mol. The maximum atomic E-state index is 5.95. The van der Waals surface area contributed by atoms with Crippen LogP contribution >= 0.6 is 23.2 Å². The van der Waals surface area contributed by atoms with Gasteiger partial charge in [-0.25, -0.2) is 0 Å². The molecule has 0 unspecified atom stereocenters. The van der Waals surface area contributed by atoms with Gasteiger partial charge < -0.3 is 9.64 Å². The molecule has 0 N–H and O–H groups in total. The van der Waals surface area contributed by atoms with Crippen LogP contribution in [0.4, 0.5) is 5.69 Å². The Hall–Kier alpha value is -0.580. The van der Waals surface area contributed by atoms with Gasteiger partial charge in [-0.05, 0) is 18.8 Å². The van der Waals surface area contributed by atoms with Crippen LogP contribution < -0.4 is 4.90 Å². The molecule has 0 bridgehead atoms. The molecule has 0 aliphatic heterocycles. The summed E-state index contributed by atoms with van der Waals surface area (Å²) in [7, 11) is 1.93. The van der Waals surface area contributed by atoms with E-state index in [4.69, 9.17) is 27.9 Å². The van der Waals surface area contributed by atoms with Gasteiger partial charge in [0, 0.05) is 26.3 Å². The van der Waals surface area contributed by atoms with Crippen LogP contribution in [0.3, 0.4) is 0 Å². The summed E-state index contributed by atoms with van der Waals surface area (Å²) in [5, 5.41) is 8.15. The molecule has 1 heterocycles. The highest BCUT2D eigenvalue weighted by Gasteiger charge is 2.21. The molecule has 0 amide bonds. The summed E-state index contributed by atoms with van der Waals surface area (Å²) in [6.07, 6.45) is 2.62. The lowest BCUT2D eigenvalue weighted by Gasteiger charge is -2.19. The Bertz CT molecular complexity index is 385. The summed E-state index contributed by atoms with van der Waals surface area (Å²) in [5.74, 6) is 0.793. The van der Waals surface area contributed by atoms with Crippen LogP contribution in [-0.2, 0) is 4.74 Å². The largest absolute Gasteiger partial charge is 0.379 e. The van der Waals surface area contributed by atoms with Crippen molar-refractivity contribution in [1.29, 1.82) is 0 Å². The predicted molar refractivity (Wildman–Crippen MR) is 68.9 cm³/mol. The second kappa shape index (κ2) is 5.85. The standard InChI is InChI=1S/C11H15Cl2N3O/c1-16(4-5-17-7-8-2-3-8)9-6-10(12)14-15-11(9)13/h6,8H,2-5,7H2,1H3. The molecule has 2 rings (SSSR count). The molecule has 1 saturated carbocycles. The number of ether oxygens (including phenoxy) is 1. The third-order valence-electron chi connectivity index (χ3n) is 2.73. The van der Waals surface area contributed by atoms with E-state index in [1.165, 1.54) is 12.8 Å². The molecule has 0 atom stereocenters. The van der Waals surface area contributed by atoms with Gasteiger partial charge in [-0.15, -0.1) is 10.2 Å². The Kier molecular flexibility index (Phi) is 4.42. The van der Waals surface area contributed by atoms with E-state index in [2.05, 4.69) is 10.2 Å². The fourth-order valence-electron chi connectivity index (χ4n) is 1.47. The van der Waals surface area contributed by atoms with Crippen molar-refractivity contribution in [2.75, 3.05) is 31.7 Å². The zero-order valence-electron chi connectivity index (χ0n) is 9.70. The maximum absolute atomic E-state index is 5.95. The third-order valence-corrected chi connectivity index (χ3v) is 3.19. The minimum absolute atomic E-state index is 0.343. The van der Waals surface area contributed by atoms with Gasteiger partial charge in [0.2, 0.25) is 0 Å². The van der Waals surface area contributed by atoms with Gasteiger partial charge in [-0.1, -0.05) is 23.2 Å². The number of rotatable bonds is 6. The predicted octanol–water partition coefficient (Wildman–Crippen LogP) is 2.65. The highest BCUT2D eigenvalue weighted by Crippen LogP contribution is 2.29. The average Bonchev–Trinajstić information content (AvgIpc) is 3.11. The first-order valence-electron chi connectivity index (χ1n) is 5.64. The zero-order valence-corrected chi connectivity index (χ0v) is 11.2. The molecule has 0 spiro atoms. The summed E-state index contributed by atoms with van der Waals surface area (Å²) in [6, 6.07) is 1.71. The summed E-state index contributed by atoms with van der Waals surface area (Å²) in [4.78, 5) is 1.97. The summed E-state index contributed by atoms with van der Waals surface area (Å²) >= 11 is 11.7. The summed E-state index contributed by atoms with van der Waals surface area (Å²) in [5.41, 5.74) is 0.779. The number of anilines is 1. The number of likely N-dealkylation sites (N-methyl/N-ethyl adjacent to an activating group) is 1. The lowest BCUT2D eigenvalue weighted by molar-refractivity contribution is 0.131. The number of halogens is 2. The third kappa shape index (κ3) is 3.98. The molecule has 17 heavy (non-hydrogen) atoms. The fourth-order valence-corrected chi connectivity index (χ4v) is 1.85. The van der Waals surface area contributed by atoms with Crippen LogP contribution in [0.5, 0.6) is 0 Å². The van der Waals surface area contributed by atoms with E-state index in [0.29, 0.717) is 16.9 Å². The number of aromatic nitrogens is 2. The molecule has 6 heteroatoms. The fraction of sp³-hybridized carbons (Fsp3) is 0.636. The monoisotopic (exact) mass is 275 g/mol. The Labute approximate surface area is 111 Å². The Morgan fingerprint density at radius 1 is 1.41 bits per heavy atom. The van der Waals surface area contributed by atoms with Gasteiger partial charge in [0.05, 0.1) is 12.3 Å². The van der Waals surface area contributed by atoms with E-state index in [0.717, 1.165) is 24.8 Å². The van der Waals surface area contributed by atoms with Crippen molar-refractivity contribution in [3.05, 3.63) is 16.4 Å². The van der Waals surface area contributed by atoms with Crippen LogP contribution in [0.15, 0.2) is 6.07 Å². The summed E-state index contributed by atoms with van der Waals surface area (Å²) < 4.78 is 5.57. The Morgan fingerprint density at radius 2 is 2.18 bits per heavy atom. The van der Waals surface area contributed by atoms with E-state index in [1.54, 1.807) is 6.07 Å². The molecule has 0 radical (unpaired) electrons. The first-order valence-corrected chi connectivity index (χ1v) is 6.40. The van der Waals surface area contributed by atoms with E-state index in [9.17, 15) is 0 Å². The lowest BCUT2D eigenvalue weighted by atomic mass is 10.4. The first-order chi connectivity index (χ1) is 8.16. The second-order valence-electron chi connectivity index (χ2n) is 4.28. The van der Waals surface area contributed by atoms with Crippen molar-refractivity contribution in [1.82, 2.24) is 10.2 Å². The molecule has 4 nitrogen and oxygen atoms in total. The van der Waals surface area contributed by atoms with Gasteiger partial charge in [-0.2, -0.15) is 0 Å². The van der Waals surface area contributed by atoms with E-state index in [-0.39, 0.29) is 0 Å². The van der Waals surface area contributed by atoms with Crippen LogP contribution in [0.2, 0.25) is 10.3 Å². The molecule has 1 aromatic heterocycles. The number of hydrogen-bond acceptors (Lipinski definition) is 4. The number of hydrogen-bond donors (Lipinski definition) is 0. The van der Waals surface area contributed by atoms with Crippen molar-refractivity contribution in [2.45, 2.75) is 12.8 Å². The maximum Gasteiger partial charge on any atom is 0.175 e. The van der Waals surface area contributed by atoms with E-state index in [1.807, 2.05) is 11.9 Å². The Balaban J connectivity index is 1.80. The molecule has 1 fully saturated rings. The molecular formula is C11H15Cl2N3O. The van der Waals surface area contributed by atoms with E-state index < -0.39 is 0 Å². The second-order valence-corrected chi connectivity index (χ2v) is 5.03. The van der Waals surface area contributed by atoms with Crippen LogP contribution in [0, 0.1) is 5.92 Å². The van der Waals surface area contributed by atoms with Crippen molar-refractivity contribution in [2.24, 2.45) is 5.92 Å². The molecule has 94 valence electrons. The SMILES string of the molecule is CN(CCOCC1CC1)c1cc(Cl)nnc1Cl. The highest BCUT2D eigenvalue weighted by molar-refractivity contribution is 6.33. The molecule has 0 saturated heterocycles. The summed E-state index contributed by atoms with van der Waals surface area (Å²) in [6.45, 7) is 2.31. The molecule has 1 aromatic rings. The first kappa shape index (κ1) is 12.9. The molecule has 1 aliphatic carbocycles. The van der Waals surface area contributed by atoms with Crippen LogP contribution in [-0.4, -0.2) is 37.0 Å². The van der Waals surface area contributed by atoms with E-state index >= 15 is 0 Å². The van der Waals surface area contributed by atoms with Gasteiger partial charge in [0.25, 0.3) is 0 Å². The molecule has 1 aliphatic rings. The van der Waals surface area contributed by atoms with Gasteiger partial charge in [-0.3, -0.25) is 0 Å². The minimum atomic E-state index is 0.343. The number of nitrogens with zero attached hydrogens (tertiary/aromatic N) is 3. The lowest BCUT2D eigenvalue weighted by Crippen LogP contribution is -2.23. The average molecular weight is 276 g/mol. The van der Waals surface area contributed by atoms with Crippen LogP contribution in [0.1, 0.15) is 12.8 Å².